The van der Waals surface area contributed by atoms with E-state index >= 15 is 0 Å². The highest BCUT2D eigenvalue weighted by Crippen LogP contribution is 2.35. The molecule has 29 heavy (non-hydrogen) atoms. The topological polar surface area (TPSA) is 90.9 Å². The van der Waals surface area contributed by atoms with Crippen LogP contribution in [0.2, 0.25) is 0 Å². The summed E-state index contributed by atoms with van der Waals surface area (Å²) in [5.41, 5.74) is 2.01. The monoisotopic (exact) mass is 415 g/mol. The third-order valence-corrected chi connectivity index (χ3v) is 4.81. The average Bonchev–Trinajstić information content (AvgIpc) is 3.21. The number of aromatic nitrogens is 1. The van der Waals surface area contributed by atoms with Gasteiger partial charge in [-0.25, -0.2) is 9.78 Å². The van der Waals surface area contributed by atoms with Crippen molar-refractivity contribution >= 4 is 28.2 Å². The van der Waals surface area contributed by atoms with E-state index in [2.05, 4.69) is 15.6 Å². The molecule has 9 heteroatoms. The number of hydrogen-bond donors (Lipinski definition) is 2. The van der Waals surface area contributed by atoms with Crippen molar-refractivity contribution in [3.8, 4) is 34.3 Å². The fraction of sp³-hybridized carbons (Fsp3) is 0.200. The largest absolute Gasteiger partial charge is 0.497 e. The second kappa shape index (κ2) is 9.16. The van der Waals surface area contributed by atoms with Crippen LogP contribution in [0.3, 0.4) is 0 Å². The van der Waals surface area contributed by atoms with Gasteiger partial charge in [0.15, 0.2) is 16.6 Å². The number of carbonyl (C=O) groups is 1. The van der Waals surface area contributed by atoms with Gasteiger partial charge in [0.05, 0.1) is 34.1 Å². The van der Waals surface area contributed by atoms with Gasteiger partial charge in [-0.1, -0.05) is 0 Å². The van der Waals surface area contributed by atoms with Gasteiger partial charge >= 0.3 is 6.03 Å². The number of anilines is 2. The molecule has 0 unspecified atom stereocenters. The van der Waals surface area contributed by atoms with Gasteiger partial charge in [-0.15, -0.1) is 11.3 Å². The molecule has 8 nitrogen and oxygen atoms in total. The summed E-state index contributed by atoms with van der Waals surface area (Å²) in [6.45, 7) is 0. The Morgan fingerprint density at radius 3 is 2.28 bits per heavy atom. The minimum absolute atomic E-state index is 0.421. The van der Waals surface area contributed by atoms with Crippen molar-refractivity contribution in [3.05, 3.63) is 41.8 Å². The van der Waals surface area contributed by atoms with Crippen molar-refractivity contribution < 1.29 is 23.7 Å². The van der Waals surface area contributed by atoms with E-state index in [1.165, 1.54) is 18.4 Å². The van der Waals surface area contributed by atoms with Crippen molar-refractivity contribution in [1.82, 2.24) is 4.98 Å². The van der Waals surface area contributed by atoms with Gasteiger partial charge in [0, 0.05) is 22.7 Å². The van der Waals surface area contributed by atoms with E-state index in [0.29, 0.717) is 39.5 Å². The van der Waals surface area contributed by atoms with Crippen LogP contribution in [0.4, 0.5) is 15.6 Å². The molecule has 0 fully saturated rings. The Morgan fingerprint density at radius 2 is 1.59 bits per heavy atom. The van der Waals surface area contributed by atoms with Crippen molar-refractivity contribution in [2.75, 3.05) is 39.1 Å². The molecule has 0 saturated carbocycles. The highest BCUT2D eigenvalue weighted by Gasteiger charge is 2.13. The van der Waals surface area contributed by atoms with Crippen molar-refractivity contribution in [3.63, 3.8) is 0 Å². The zero-order chi connectivity index (χ0) is 20.8. The van der Waals surface area contributed by atoms with E-state index in [1.807, 2.05) is 23.6 Å². The zero-order valence-electron chi connectivity index (χ0n) is 16.4. The maximum Gasteiger partial charge on any atom is 0.325 e. The molecule has 0 atom stereocenters. The third kappa shape index (κ3) is 4.69. The summed E-state index contributed by atoms with van der Waals surface area (Å²) in [5.74, 6) is 2.45. The molecule has 2 N–H and O–H groups in total. The molecule has 1 aromatic heterocycles. The van der Waals surface area contributed by atoms with Crippen LogP contribution in [-0.2, 0) is 0 Å². The minimum Gasteiger partial charge on any atom is -0.497 e. The van der Waals surface area contributed by atoms with Gasteiger partial charge in [0.25, 0.3) is 0 Å². The molecular formula is C20H21N3O5S. The first kappa shape index (κ1) is 20.3. The van der Waals surface area contributed by atoms with Crippen LogP contribution in [-0.4, -0.2) is 39.5 Å². The fourth-order valence-corrected chi connectivity index (χ4v) is 3.35. The van der Waals surface area contributed by atoms with E-state index in [1.54, 1.807) is 39.5 Å². The number of urea groups is 1. The van der Waals surface area contributed by atoms with Crippen LogP contribution < -0.4 is 29.6 Å². The quantitative estimate of drug-likeness (QED) is 0.591. The number of ether oxygens (including phenoxy) is 4. The van der Waals surface area contributed by atoms with Gasteiger partial charge < -0.3 is 24.3 Å². The number of nitrogens with one attached hydrogen (secondary N) is 2. The lowest BCUT2D eigenvalue weighted by molar-refractivity contribution is 0.262. The van der Waals surface area contributed by atoms with Crippen LogP contribution in [0.5, 0.6) is 23.0 Å². The molecule has 3 rings (SSSR count). The predicted molar refractivity (Wildman–Crippen MR) is 113 cm³/mol. The molecule has 0 bridgehead atoms. The zero-order valence-corrected chi connectivity index (χ0v) is 17.3. The molecule has 0 saturated heterocycles. The first-order valence-electron chi connectivity index (χ1n) is 8.56. The summed E-state index contributed by atoms with van der Waals surface area (Å²) in [6.07, 6.45) is 0. The van der Waals surface area contributed by atoms with Gasteiger partial charge in [-0.3, -0.25) is 5.32 Å². The standard InChI is InChI=1S/C20H21N3O5S/c1-25-13-6-8-16(26-2)14(10-13)15-11-29-20(22-15)23-19(24)21-12-5-7-17(27-3)18(9-12)28-4/h5-11H,1-4H3,(H2,21,22,23,24). The Bertz CT molecular complexity index is 1010. The highest BCUT2D eigenvalue weighted by atomic mass is 32.1. The Morgan fingerprint density at radius 1 is 0.862 bits per heavy atom. The smallest absolute Gasteiger partial charge is 0.325 e. The number of hydrogen-bond acceptors (Lipinski definition) is 7. The maximum atomic E-state index is 12.3. The van der Waals surface area contributed by atoms with E-state index in [4.69, 9.17) is 18.9 Å². The summed E-state index contributed by atoms with van der Waals surface area (Å²) in [4.78, 5) is 16.8. The number of rotatable bonds is 7. The normalized spacial score (nSPS) is 10.2. The Balaban J connectivity index is 1.73. The first-order chi connectivity index (χ1) is 14.1. The molecule has 0 radical (unpaired) electrons. The van der Waals surface area contributed by atoms with Gasteiger partial charge in [-0.2, -0.15) is 0 Å². The summed E-state index contributed by atoms with van der Waals surface area (Å²) in [5, 5.41) is 7.75. The number of carbonyl (C=O) groups excluding carboxylic acids is 1. The Kier molecular flexibility index (Phi) is 6.40. The molecule has 0 aliphatic carbocycles. The maximum absolute atomic E-state index is 12.3. The minimum atomic E-state index is -0.421. The lowest BCUT2D eigenvalue weighted by Gasteiger charge is -2.10. The predicted octanol–water partition coefficient (Wildman–Crippen LogP) is 4.49. The number of benzene rings is 2. The fourth-order valence-electron chi connectivity index (χ4n) is 2.64. The van der Waals surface area contributed by atoms with Crippen molar-refractivity contribution in [1.29, 1.82) is 0 Å². The highest BCUT2D eigenvalue weighted by molar-refractivity contribution is 7.14. The SMILES string of the molecule is COc1ccc(OC)c(-c2csc(NC(=O)Nc3ccc(OC)c(OC)c3)n2)c1. The van der Waals surface area contributed by atoms with Crippen LogP contribution >= 0.6 is 11.3 Å². The summed E-state index contributed by atoms with van der Waals surface area (Å²) in [7, 11) is 6.27. The molecule has 2 aromatic carbocycles. The van der Waals surface area contributed by atoms with Crippen LogP contribution in [0, 0.1) is 0 Å². The summed E-state index contributed by atoms with van der Waals surface area (Å²) < 4.78 is 21.1. The summed E-state index contributed by atoms with van der Waals surface area (Å²) in [6, 6.07) is 10.1. The Hall–Kier alpha value is -3.46. The number of nitrogens with zero attached hydrogens (tertiary/aromatic N) is 1. The van der Waals surface area contributed by atoms with E-state index in [-0.39, 0.29) is 0 Å². The molecule has 1 heterocycles. The number of methoxy groups -OCH3 is 4. The van der Waals surface area contributed by atoms with Gasteiger partial charge in [0.1, 0.15) is 11.5 Å². The Labute approximate surface area is 172 Å². The third-order valence-electron chi connectivity index (χ3n) is 4.05. The molecular weight excluding hydrogens is 394 g/mol. The van der Waals surface area contributed by atoms with Gasteiger partial charge in [0.2, 0.25) is 0 Å². The van der Waals surface area contributed by atoms with Crippen molar-refractivity contribution in [2.24, 2.45) is 0 Å². The molecule has 152 valence electrons. The van der Waals surface area contributed by atoms with E-state index in [9.17, 15) is 4.79 Å². The van der Waals surface area contributed by atoms with Crippen LogP contribution in [0.1, 0.15) is 0 Å². The van der Waals surface area contributed by atoms with Crippen LogP contribution in [0.15, 0.2) is 41.8 Å². The molecule has 0 aliphatic heterocycles. The lowest BCUT2D eigenvalue weighted by atomic mass is 10.1. The second-order valence-electron chi connectivity index (χ2n) is 5.75. The van der Waals surface area contributed by atoms with E-state index < -0.39 is 6.03 Å². The van der Waals surface area contributed by atoms with Crippen LogP contribution in [0.25, 0.3) is 11.3 Å². The van der Waals surface area contributed by atoms with Gasteiger partial charge in [-0.05, 0) is 30.3 Å². The van der Waals surface area contributed by atoms with E-state index in [0.717, 1.165) is 5.56 Å². The first-order valence-corrected chi connectivity index (χ1v) is 9.44. The number of amides is 2. The average molecular weight is 415 g/mol. The number of thiazole rings is 1. The lowest BCUT2D eigenvalue weighted by Crippen LogP contribution is -2.19. The molecule has 0 aliphatic rings. The molecule has 0 spiro atoms. The molecule has 3 aromatic rings. The molecule has 2 amide bonds. The second-order valence-corrected chi connectivity index (χ2v) is 6.61. The van der Waals surface area contributed by atoms with Crippen molar-refractivity contribution in [2.45, 2.75) is 0 Å². The summed E-state index contributed by atoms with van der Waals surface area (Å²) >= 11 is 1.31.